The number of amides is 4. The minimum absolute atomic E-state index is 0.111. The van der Waals surface area contributed by atoms with Gasteiger partial charge in [0.15, 0.2) is 0 Å². The molecule has 0 aromatic heterocycles. The molecule has 14 heteroatoms. The van der Waals surface area contributed by atoms with E-state index in [0.717, 1.165) is 4.90 Å². The van der Waals surface area contributed by atoms with Crippen molar-refractivity contribution in [3.05, 3.63) is 25.3 Å². The lowest BCUT2D eigenvalue weighted by atomic mass is 10.1. The number of carbonyl (C=O) groups excluding carboxylic acids is 3. The molecule has 13 nitrogen and oxygen atoms in total. The van der Waals surface area contributed by atoms with Gasteiger partial charge in [0, 0.05) is 18.9 Å². The number of β-amino-alcohol motifs (C(OH)–C–C–N with tert-alkyl or cyclic N) is 1. The Kier molecular flexibility index (Phi) is 9.36. The number of likely N-dealkylation sites (tertiary alicyclic amines) is 1. The molecule has 2 aliphatic carbocycles. The van der Waals surface area contributed by atoms with E-state index in [4.69, 9.17) is 4.74 Å². The van der Waals surface area contributed by atoms with E-state index < -0.39 is 74.3 Å². The van der Waals surface area contributed by atoms with Crippen molar-refractivity contribution >= 4 is 33.8 Å². The molecule has 40 heavy (non-hydrogen) atoms. The monoisotopic (exact) mass is 584 g/mol. The maximum Gasteiger partial charge on any atom is 0.405 e. The first-order valence-corrected chi connectivity index (χ1v) is 14.8. The zero-order valence-electron chi connectivity index (χ0n) is 23.1. The van der Waals surface area contributed by atoms with Crippen LogP contribution in [0.1, 0.15) is 59.3 Å². The molecule has 0 aromatic carbocycles. The van der Waals surface area contributed by atoms with Crippen molar-refractivity contribution in [1.82, 2.24) is 20.3 Å². The van der Waals surface area contributed by atoms with Crippen molar-refractivity contribution in [2.24, 2.45) is 5.92 Å². The summed E-state index contributed by atoms with van der Waals surface area (Å²) < 4.78 is 32.2. The summed E-state index contributed by atoms with van der Waals surface area (Å²) in [4.78, 5) is 52.7. The number of nitrogens with zero attached hydrogens (tertiary/aromatic N) is 1. The van der Waals surface area contributed by atoms with Crippen LogP contribution >= 0.6 is 0 Å². The first kappa shape index (κ1) is 31.6. The first-order chi connectivity index (χ1) is 18.6. The Morgan fingerprint density at radius 1 is 1.20 bits per heavy atom. The maximum atomic E-state index is 13.6. The summed E-state index contributed by atoms with van der Waals surface area (Å²) >= 11 is 0. The zero-order chi connectivity index (χ0) is 30.0. The lowest BCUT2D eigenvalue weighted by Gasteiger charge is -2.32. The summed E-state index contributed by atoms with van der Waals surface area (Å²) in [5.74, 6) is -2.99. The number of carboxylic acid groups (broad SMARTS) is 1. The number of hydrogen-bond donors (Lipinski definition) is 5. The minimum Gasteiger partial charge on any atom is -0.465 e. The Morgan fingerprint density at radius 3 is 2.38 bits per heavy atom. The molecule has 0 radical (unpaired) electrons. The van der Waals surface area contributed by atoms with Gasteiger partial charge in [-0.1, -0.05) is 12.2 Å². The van der Waals surface area contributed by atoms with Gasteiger partial charge in [-0.05, 0) is 52.9 Å². The second-order valence-corrected chi connectivity index (χ2v) is 13.4. The third kappa shape index (κ3) is 6.66. The van der Waals surface area contributed by atoms with E-state index >= 15 is 0 Å². The summed E-state index contributed by atoms with van der Waals surface area (Å²) in [5, 5.41) is 24.5. The van der Waals surface area contributed by atoms with Crippen molar-refractivity contribution in [3.63, 3.8) is 0 Å². The number of aliphatic hydroxyl groups excluding tert-OH is 1. The van der Waals surface area contributed by atoms with Crippen molar-refractivity contribution in [2.45, 2.75) is 100.0 Å². The summed E-state index contributed by atoms with van der Waals surface area (Å²) in [6.07, 6.45) is 1.40. The number of nitrogens with one attached hydrogen (secondary N) is 3. The Bertz CT molecular complexity index is 1150. The van der Waals surface area contributed by atoms with Crippen LogP contribution in [-0.2, 0) is 29.1 Å². The standard InChI is InChI=1S/C26H40N4O9S/c1-6-8-9-15(3)39-16(4)20(27-24(35)36)22(33)30-14-18(31)12-19(30)21(32)28-26(13-17(26)7-2)23(34)29-40(37,38)25(5)10-11-25/h6-7,15-20,27,31H,1-2,8-14H2,3-5H3,(H,28,32)(H,29,34)(H,35,36)/t15?,16-,17+,18+,19-,20-,26+/m0/s1. The normalized spacial score (nSPS) is 28.9. The summed E-state index contributed by atoms with van der Waals surface area (Å²) in [6, 6.07) is -2.62. The van der Waals surface area contributed by atoms with Gasteiger partial charge in [-0.2, -0.15) is 0 Å². The smallest absolute Gasteiger partial charge is 0.405 e. The van der Waals surface area contributed by atoms with Crippen LogP contribution < -0.4 is 15.4 Å². The SMILES string of the molecule is C=CCCC(C)O[C@@H](C)[C@H](NC(=O)O)C(=O)N1C[C@H](O)C[C@H]1C(=O)N[C@]1(C(=O)NS(=O)(=O)C2(C)CC2)C[C@H]1C=C. The molecule has 0 bridgehead atoms. The molecule has 4 amide bonds. The number of hydrogen-bond acceptors (Lipinski definition) is 8. The van der Waals surface area contributed by atoms with Crippen molar-refractivity contribution in [2.75, 3.05) is 6.54 Å². The molecular weight excluding hydrogens is 544 g/mol. The highest BCUT2D eigenvalue weighted by molar-refractivity contribution is 7.91. The van der Waals surface area contributed by atoms with Crippen molar-refractivity contribution in [1.29, 1.82) is 0 Å². The van der Waals surface area contributed by atoms with E-state index in [0.29, 0.717) is 25.7 Å². The van der Waals surface area contributed by atoms with Crippen LogP contribution in [0, 0.1) is 5.92 Å². The summed E-state index contributed by atoms with van der Waals surface area (Å²) in [7, 11) is -3.97. The molecule has 1 saturated heterocycles. The highest BCUT2D eigenvalue weighted by atomic mass is 32.2. The quantitative estimate of drug-likeness (QED) is 0.180. The van der Waals surface area contributed by atoms with Crippen LogP contribution in [0.5, 0.6) is 0 Å². The van der Waals surface area contributed by atoms with Gasteiger partial charge in [0.05, 0.1) is 23.1 Å². The molecule has 1 aliphatic heterocycles. The molecule has 3 aliphatic rings. The molecule has 3 fully saturated rings. The fourth-order valence-electron chi connectivity index (χ4n) is 4.98. The summed E-state index contributed by atoms with van der Waals surface area (Å²) in [6.45, 7) is 11.9. The van der Waals surface area contributed by atoms with E-state index in [2.05, 4.69) is 28.5 Å². The van der Waals surface area contributed by atoms with Crippen LogP contribution in [0.3, 0.4) is 0 Å². The highest BCUT2D eigenvalue weighted by Crippen LogP contribution is 2.47. The van der Waals surface area contributed by atoms with Gasteiger partial charge in [0.25, 0.3) is 5.91 Å². The fourth-order valence-corrected chi connectivity index (χ4v) is 6.29. The molecular formula is C26H40N4O9S. The van der Waals surface area contributed by atoms with Crippen LogP contribution in [0.15, 0.2) is 25.3 Å². The molecule has 224 valence electrons. The van der Waals surface area contributed by atoms with Gasteiger partial charge < -0.3 is 30.5 Å². The van der Waals surface area contributed by atoms with Crippen LogP contribution in [0.4, 0.5) is 4.79 Å². The van der Waals surface area contributed by atoms with Crippen molar-refractivity contribution in [3.8, 4) is 0 Å². The molecule has 5 N–H and O–H groups in total. The van der Waals surface area contributed by atoms with E-state index in [9.17, 15) is 37.8 Å². The highest BCUT2D eigenvalue weighted by Gasteiger charge is 2.63. The molecule has 2 saturated carbocycles. The van der Waals surface area contributed by atoms with E-state index in [1.54, 1.807) is 13.0 Å². The lowest BCUT2D eigenvalue weighted by Crippen LogP contribution is -2.60. The topological polar surface area (TPSA) is 191 Å². The number of carbonyl (C=O) groups is 4. The number of aliphatic hydroxyl groups is 1. The molecule has 1 heterocycles. The number of allylic oxidation sites excluding steroid dienone is 1. The Balaban J connectivity index is 1.77. The molecule has 0 spiro atoms. The molecule has 3 rings (SSSR count). The zero-order valence-corrected chi connectivity index (χ0v) is 23.9. The Labute approximate surface area is 234 Å². The minimum atomic E-state index is -3.97. The molecule has 0 aromatic rings. The predicted octanol–water partition coefficient (Wildman–Crippen LogP) is 0.404. The van der Waals surface area contributed by atoms with E-state index in [1.807, 2.05) is 0 Å². The number of ether oxygens (including phenoxy) is 1. The van der Waals surface area contributed by atoms with E-state index in [1.165, 1.54) is 19.9 Å². The number of sulfonamides is 1. The second-order valence-electron chi connectivity index (χ2n) is 11.2. The van der Waals surface area contributed by atoms with Crippen LogP contribution in [0.25, 0.3) is 0 Å². The maximum absolute atomic E-state index is 13.6. The third-order valence-electron chi connectivity index (χ3n) is 7.98. The van der Waals surface area contributed by atoms with Gasteiger partial charge in [-0.3, -0.25) is 19.1 Å². The van der Waals surface area contributed by atoms with Gasteiger partial charge in [-0.25, -0.2) is 13.2 Å². The average molecular weight is 585 g/mol. The predicted molar refractivity (Wildman–Crippen MR) is 144 cm³/mol. The van der Waals surface area contributed by atoms with Gasteiger partial charge >= 0.3 is 6.09 Å². The van der Waals surface area contributed by atoms with Gasteiger partial charge in [-0.15, -0.1) is 13.2 Å². The van der Waals surface area contributed by atoms with Gasteiger partial charge in [0.1, 0.15) is 17.6 Å². The van der Waals surface area contributed by atoms with Crippen LogP contribution in [0.2, 0.25) is 0 Å². The summed E-state index contributed by atoms with van der Waals surface area (Å²) in [5.41, 5.74) is -1.57. The molecule has 1 unspecified atom stereocenters. The van der Waals surface area contributed by atoms with E-state index in [-0.39, 0.29) is 25.5 Å². The third-order valence-corrected chi connectivity index (χ3v) is 10.1. The first-order valence-electron chi connectivity index (χ1n) is 13.4. The average Bonchev–Trinajstić information content (AvgIpc) is 3.76. The Morgan fingerprint density at radius 2 is 1.85 bits per heavy atom. The van der Waals surface area contributed by atoms with Gasteiger partial charge in [0.2, 0.25) is 21.8 Å². The Hall–Kier alpha value is -2.97. The number of rotatable bonds is 14. The lowest BCUT2D eigenvalue weighted by molar-refractivity contribution is -0.144. The second kappa shape index (κ2) is 11.9. The molecule has 7 atom stereocenters. The van der Waals surface area contributed by atoms with Crippen molar-refractivity contribution < 1.29 is 42.5 Å². The largest absolute Gasteiger partial charge is 0.465 e. The fraction of sp³-hybridized carbons (Fsp3) is 0.692. The van der Waals surface area contributed by atoms with Crippen LogP contribution in [-0.4, -0.2) is 94.6 Å².